The van der Waals surface area contributed by atoms with Gasteiger partial charge >= 0.3 is 5.69 Å². The Kier molecular flexibility index (Phi) is 2.71. The molecule has 100 valence electrons. The SMILES string of the molecule is Cn1c(=O)[nH]c(=O)c2cc(-c3ccc(F)cc3)cnc21. The largest absolute Gasteiger partial charge is 0.329 e. The zero-order chi connectivity index (χ0) is 14.3. The third-order valence-corrected chi connectivity index (χ3v) is 3.13. The third-order valence-electron chi connectivity index (χ3n) is 3.13. The van der Waals surface area contributed by atoms with E-state index < -0.39 is 11.2 Å². The van der Waals surface area contributed by atoms with Crippen LogP contribution in [-0.2, 0) is 7.05 Å². The Balaban J connectivity index is 2.28. The lowest BCUT2D eigenvalue weighted by molar-refractivity contribution is 0.628. The Hall–Kier alpha value is -2.76. The molecule has 0 aliphatic rings. The molecule has 0 amide bonds. The second kappa shape index (κ2) is 4.41. The average Bonchev–Trinajstić information content (AvgIpc) is 2.45. The van der Waals surface area contributed by atoms with Crippen LogP contribution in [0.25, 0.3) is 22.2 Å². The average molecular weight is 271 g/mol. The quantitative estimate of drug-likeness (QED) is 0.728. The van der Waals surface area contributed by atoms with Gasteiger partial charge < -0.3 is 0 Å². The van der Waals surface area contributed by atoms with Crippen molar-refractivity contribution in [3.05, 3.63) is 63.2 Å². The second-order valence-electron chi connectivity index (χ2n) is 4.42. The number of nitrogens with one attached hydrogen (secondary N) is 1. The van der Waals surface area contributed by atoms with Gasteiger partial charge in [-0.1, -0.05) is 12.1 Å². The standard InChI is InChI=1S/C14H10FN3O2/c1-18-12-11(13(19)17-14(18)20)6-9(7-16-12)8-2-4-10(15)5-3-8/h2-7H,1H3,(H,17,19,20). The van der Waals surface area contributed by atoms with Gasteiger partial charge in [0, 0.05) is 18.8 Å². The van der Waals surface area contributed by atoms with Crippen molar-refractivity contribution >= 4 is 11.0 Å². The van der Waals surface area contributed by atoms with E-state index in [1.165, 1.54) is 23.7 Å². The molecule has 1 N–H and O–H groups in total. The summed E-state index contributed by atoms with van der Waals surface area (Å²) in [6, 6.07) is 7.52. The summed E-state index contributed by atoms with van der Waals surface area (Å²) in [5.74, 6) is -0.331. The molecule has 0 unspecified atom stereocenters. The number of aromatic amines is 1. The first kappa shape index (κ1) is 12.3. The minimum absolute atomic E-state index is 0.310. The van der Waals surface area contributed by atoms with Crippen molar-refractivity contribution in [2.24, 2.45) is 7.05 Å². The van der Waals surface area contributed by atoms with Crippen LogP contribution in [0.4, 0.5) is 4.39 Å². The summed E-state index contributed by atoms with van der Waals surface area (Å²) in [4.78, 5) is 29.7. The minimum atomic E-state index is -0.510. The molecule has 1 aromatic carbocycles. The lowest BCUT2D eigenvalue weighted by Crippen LogP contribution is -2.28. The zero-order valence-corrected chi connectivity index (χ0v) is 10.6. The summed E-state index contributed by atoms with van der Waals surface area (Å²) < 4.78 is 14.2. The van der Waals surface area contributed by atoms with Crippen molar-refractivity contribution < 1.29 is 4.39 Å². The van der Waals surface area contributed by atoms with Crippen LogP contribution in [0.2, 0.25) is 0 Å². The molecule has 0 aliphatic carbocycles. The number of benzene rings is 1. The van der Waals surface area contributed by atoms with E-state index in [-0.39, 0.29) is 5.82 Å². The second-order valence-corrected chi connectivity index (χ2v) is 4.42. The summed E-state index contributed by atoms with van der Waals surface area (Å²) >= 11 is 0. The van der Waals surface area contributed by atoms with Crippen LogP contribution in [0.1, 0.15) is 0 Å². The normalized spacial score (nSPS) is 10.9. The van der Waals surface area contributed by atoms with Crippen LogP contribution in [0.3, 0.4) is 0 Å². The maximum absolute atomic E-state index is 12.9. The van der Waals surface area contributed by atoms with Crippen LogP contribution in [0, 0.1) is 5.82 Å². The number of pyridine rings is 1. The first-order valence-corrected chi connectivity index (χ1v) is 5.91. The molecule has 0 atom stereocenters. The van der Waals surface area contributed by atoms with E-state index >= 15 is 0 Å². The molecule has 0 radical (unpaired) electrons. The number of hydrogen-bond acceptors (Lipinski definition) is 3. The van der Waals surface area contributed by atoms with Crippen LogP contribution >= 0.6 is 0 Å². The molecule has 0 fully saturated rings. The van der Waals surface area contributed by atoms with Crippen molar-refractivity contribution in [1.82, 2.24) is 14.5 Å². The van der Waals surface area contributed by atoms with Crippen LogP contribution in [0.15, 0.2) is 46.1 Å². The number of aromatic nitrogens is 3. The molecule has 20 heavy (non-hydrogen) atoms. The number of H-pyrrole nitrogens is 1. The first-order chi connectivity index (χ1) is 9.56. The molecule has 0 spiro atoms. The van der Waals surface area contributed by atoms with E-state index in [1.54, 1.807) is 24.4 Å². The molecule has 0 saturated heterocycles. The molecule has 0 aliphatic heterocycles. The predicted octanol–water partition coefficient (Wildman–Crippen LogP) is 1.43. The summed E-state index contributed by atoms with van der Waals surface area (Å²) in [6.07, 6.45) is 1.55. The highest BCUT2D eigenvalue weighted by molar-refractivity contribution is 5.80. The lowest BCUT2D eigenvalue weighted by Gasteiger charge is -2.05. The van der Waals surface area contributed by atoms with Crippen molar-refractivity contribution in [2.75, 3.05) is 0 Å². The van der Waals surface area contributed by atoms with E-state index in [2.05, 4.69) is 9.97 Å². The van der Waals surface area contributed by atoms with Crippen molar-refractivity contribution in [3.8, 4) is 11.1 Å². The van der Waals surface area contributed by atoms with Gasteiger partial charge in [0.1, 0.15) is 11.5 Å². The fourth-order valence-electron chi connectivity index (χ4n) is 2.04. The number of fused-ring (bicyclic) bond motifs is 1. The highest BCUT2D eigenvalue weighted by Crippen LogP contribution is 2.20. The fraction of sp³-hybridized carbons (Fsp3) is 0.0714. The molecular formula is C14H10FN3O2. The van der Waals surface area contributed by atoms with Gasteiger partial charge in [-0.3, -0.25) is 14.3 Å². The van der Waals surface area contributed by atoms with Crippen molar-refractivity contribution in [2.45, 2.75) is 0 Å². The molecular weight excluding hydrogens is 261 g/mol. The number of nitrogens with zero attached hydrogens (tertiary/aromatic N) is 2. The van der Waals surface area contributed by atoms with Crippen LogP contribution in [-0.4, -0.2) is 14.5 Å². The Bertz CT molecular complexity index is 910. The highest BCUT2D eigenvalue weighted by atomic mass is 19.1. The molecule has 0 bridgehead atoms. The van der Waals surface area contributed by atoms with Gasteiger partial charge in [-0.15, -0.1) is 0 Å². The highest BCUT2D eigenvalue weighted by Gasteiger charge is 2.08. The number of rotatable bonds is 1. The van der Waals surface area contributed by atoms with Gasteiger partial charge in [-0.05, 0) is 23.8 Å². The molecule has 2 heterocycles. The summed E-state index contributed by atoms with van der Waals surface area (Å²) in [5.41, 5.74) is 0.740. The lowest BCUT2D eigenvalue weighted by atomic mass is 10.1. The number of aryl methyl sites for hydroxylation is 1. The Labute approximate surface area is 112 Å². The zero-order valence-electron chi connectivity index (χ0n) is 10.6. The van der Waals surface area contributed by atoms with E-state index in [9.17, 15) is 14.0 Å². The van der Waals surface area contributed by atoms with Crippen LogP contribution < -0.4 is 11.2 Å². The molecule has 2 aromatic heterocycles. The van der Waals surface area contributed by atoms with E-state index in [0.717, 1.165) is 5.56 Å². The Morgan fingerprint density at radius 1 is 1.15 bits per heavy atom. The molecule has 6 heteroatoms. The first-order valence-electron chi connectivity index (χ1n) is 5.91. The fourth-order valence-corrected chi connectivity index (χ4v) is 2.04. The molecule has 3 aromatic rings. The van der Waals surface area contributed by atoms with E-state index in [4.69, 9.17) is 0 Å². The van der Waals surface area contributed by atoms with Gasteiger partial charge in [0.05, 0.1) is 5.39 Å². The van der Waals surface area contributed by atoms with Gasteiger partial charge in [-0.25, -0.2) is 14.2 Å². The van der Waals surface area contributed by atoms with Gasteiger partial charge in [0.25, 0.3) is 5.56 Å². The maximum Gasteiger partial charge on any atom is 0.329 e. The Morgan fingerprint density at radius 2 is 1.85 bits per heavy atom. The molecule has 5 nitrogen and oxygen atoms in total. The van der Waals surface area contributed by atoms with Gasteiger partial charge in [0.15, 0.2) is 0 Å². The summed E-state index contributed by atoms with van der Waals surface area (Å²) in [5, 5.41) is 0.314. The summed E-state index contributed by atoms with van der Waals surface area (Å²) in [6.45, 7) is 0. The molecule has 0 saturated carbocycles. The smallest absolute Gasteiger partial charge is 0.281 e. The third kappa shape index (κ3) is 1.91. The van der Waals surface area contributed by atoms with E-state index in [0.29, 0.717) is 16.6 Å². The van der Waals surface area contributed by atoms with Crippen molar-refractivity contribution in [3.63, 3.8) is 0 Å². The monoisotopic (exact) mass is 271 g/mol. The predicted molar refractivity (Wildman–Crippen MR) is 73.0 cm³/mol. The minimum Gasteiger partial charge on any atom is -0.281 e. The maximum atomic E-state index is 12.9. The number of hydrogen-bond donors (Lipinski definition) is 1. The summed E-state index contributed by atoms with van der Waals surface area (Å²) in [7, 11) is 1.53. The Morgan fingerprint density at radius 3 is 2.55 bits per heavy atom. The van der Waals surface area contributed by atoms with Crippen LogP contribution in [0.5, 0.6) is 0 Å². The van der Waals surface area contributed by atoms with Gasteiger partial charge in [-0.2, -0.15) is 0 Å². The number of halogens is 1. The van der Waals surface area contributed by atoms with Gasteiger partial charge in [0.2, 0.25) is 0 Å². The van der Waals surface area contributed by atoms with E-state index in [1.807, 2.05) is 0 Å². The topological polar surface area (TPSA) is 67.8 Å². The van der Waals surface area contributed by atoms with Crippen molar-refractivity contribution in [1.29, 1.82) is 0 Å². The molecule has 3 rings (SSSR count).